The van der Waals surface area contributed by atoms with E-state index in [1.54, 1.807) is 34.7 Å². The lowest BCUT2D eigenvalue weighted by Gasteiger charge is -2.38. The molecule has 1 heterocycles. The zero-order valence-electron chi connectivity index (χ0n) is 31.1. The normalized spacial score (nSPS) is 24.3. The Balaban J connectivity index is 1.85. The SMILES string of the molecule is C=CCNC(=O)C(=O)C(CCC)NC(=O)[C@@H]1[C@@H]2[C@H](CN1C(=O)[C@@H](NC(=O)N[C@H](CN(C)S(=O)N(C)C)C(C)(C)C)C1CCCCC1)C2(C)C. The van der Waals surface area contributed by atoms with Crippen molar-refractivity contribution in [3.63, 3.8) is 0 Å². The molecule has 0 aromatic heterocycles. The molecule has 1 aliphatic heterocycles. The van der Waals surface area contributed by atoms with Gasteiger partial charge in [-0.2, -0.15) is 0 Å². The standard InChI is InChI=1S/C35H61N7O6S/c1-11-16-24(29(43)31(45)36-19-12-2)37-30(44)28-26-23(35(26,6)7)20-42(28)32(46)27(22-17-14-13-15-18-22)39-33(47)38-25(34(3,4)5)21-41(10)49(48)40(8)9/h12,22-28H,2,11,13-21H2,1,3-10H3,(H,36,45)(H,37,44)(H2,38,39,47)/t23-,24?,25+,26-,27-,28-,49?/m0/s1. The van der Waals surface area contributed by atoms with Crippen LogP contribution in [0.2, 0.25) is 0 Å². The van der Waals surface area contributed by atoms with Gasteiger partial charge in [0.05, 0.1) is 6.04 Å². The summed E-state index contributed by atoms with van der Waals surface area (Å²) in [4.78, 5) is 69.5. The molecule has 2 saturated carbocycles. The summed E-state index contributed by atoms with van der Waals surface area (Å²) in [6, 6.07) is -3.57. The monoisotopic (exact) mass is 707 g/mol. The van der Waals surface area contributed by atoms with Crippen LogP contribution in [0.4, 0.5) is 4.79 Å². The Kier molecular flexibility index (Phi) is 14.0. The van der Waals surface area contributed by atoms with E-state index in [1.807, 2.05) is 27.7 Å². The van der Waals surface area contributed by atoms with Crippen molar-refractivity contribution in [2.24, 2.45) is 28.6 Å². The first-order valence-corrected chi connectivity index (χ1v) is 18.8. The van der Waals surface area contributed by atoms with Crippen LogP contribution in [0.3, 0.4) is 0 Å². The molecule has 0 radical (unpaired) electrons. The Labute approximate surface area is 295 Å². The molecule has 0 bridgehead atoms. The topological polar surface area (TPSA) is 160 Å². The van der Waals surface area contributed by atoms with Gasteiger partial charge < -0.3 is 26.2 Å². The van der Waals surface area contributed by atoms with Crippen molar-refractivity contribution in [1.29, 1.82) is 0 Å². The average Bonchev–Trinajstić information content (AvgIpc) is 3.34. The zero-order valence-corrected chi connectivity index (χ0v) is 31.9. The highest BCUT2D eigenvalue weighted by Crippen LogP contribution is 2.65. The third kappa shape index (κ3) is 9.90. The average molecular weight is 708 g/mol. The number of amides is 5. The Bertz CT molecular complexity index is 1260. The number of urea groups is 1. The first kappa shape index (κ1) is 40.6. The largest absolute Gasteiger partial charge is 0.346 e. The molecule has 278 valence electrons. The number of fused-ring (bicyclic) bond motifs is 1. The van der Waals surface area contributed by atoms with E-state index in [4.69, 9.17) is 0 Å². The maximum Gasteiger partial charge on any atom is 0.315 e. The molecule has 0 spiro atoms. The fourth-order valence-corrected chi connectivity index (χ4v) is 8.38. The summed E-state index contributed by atoms with van der Waals surface area (Å²) >= 11 is -1.39. The van der Waals surface area contributed by atoms with Crippen molar-refractivity contribution in [1.82, 2.24) is 34.8 Å². The Morgan fingerprint density at radius 3 is 2.20 bits per heavy atom. The van der Waals surface area contributed by atoms with Gasteiger partial charge in [0.2, 0.25) is 17.6 Å². The zero-order chi connectivity index (χ0) is 36.8. The van der Waals surface area contributed by atoms with Crippen molar-refractivity contribution in [2.75, 3.05) is 40.8 Å². The first-order valence-electron chi connectivity index (χ1n) is 17.8. The van der Waals surface area contributed by atoms with Crippen LogP contribution in [0.5, 0.6) is 0 Å². The lowest BCUT2D eigenvalue weighted by atomic mass is 9.83. The minimum Gasteiger partial charge on any atom is -0.346 e. The molecule has 14 heteroatoms. The highest BCUT2D eigenvalue weighted by atomic mass is 32.2. The first-order chi connectivity index (χ1) is 22.9. The van der Waals surface area contributed by atoms with Crippen LogP contribution in [0.15, 0.2) is 12.7 Å². The van der Waals surface area contributed by atoms with Crippen LogP contribution < -0.4 is 21.3 Å². The molecule has 1 saturated heterocycles. The van der Waals surface area contributed by atoms with Gasteiger partial charge >= 0.3 is 6.03 Å². The fraction of sp³-hybridized carbons (Fsp3) is 0.800. The van der Waals surface area contributed by atoms with Crippen molar-refractivity contribution >= 4 is 40.7 Å². The number of carbonyl (C=O) groups is 5. The van der Waals surface area contributed by atoms with Gasteiger partial charge in [0, 0.05) is 46.8 Å². The maximum absolute atomic E-state index is 14.6. The van der Waals surface area contributed by atoms with E-state index in [2.05, 4.69) is 41.7 Å². The highest BCUT2D eigenvalue weighted by molar-refractivity contribution is 7.80. The van der Waals surface area contributed by atoms with Gasteiger partial charge in [-0.25, -0.2) is 17.6 Å². The molecule has 0 aromatic rings. The number of hydrogen-bond donors (Lipinski definition) is 4. The molecule has 0 aromatic carbocycles. The number of nitrogens with zero attached hydrogens (tertiary/aromatic N) is 3. The predicted molar refractivity (Wildman–Crippen MR) is 191 cm³/mol. The fourth-order valence-electron chi connectivity index (χ4n) is 7.54. The number of likely N-dealkylation sites (N-methyl/N-ethyl adjacent to an activating group) is 1. The van der Waals surface area contributed by atoms with Crippen molar-refractivity contribution in [3.05, 3.63) is 12.7 Å². The summed E-state index contributed by atoms with van der Waals surface area (Å²) in [6.07, 6.45) is 6.83. The summed E-state index contributed by atoms with van der Waals surface area (Å²) in [7, 11) is 5.18. The van der Waals surface area contributed by atoms with Gasteiger partial charge in [0.1, 0.15) is 12.1 Å². The van der Waals surface area contributed by atoms with Crippen LogP contribution in [-0.2, 0) is 30.3 Å². The minimum atomic E-state index is -1.39. The molecule has 5 amide bonds. The Morgan fingerprint density at radius 2 is 1.65 bits per heavy atom. The van der Waals surface area contributed by atoms with Gasteiger partial charge in [-0.3, -0.25) is 19.2 Å². The number of piperidine rings is 1. The number of Topliss-reactive ketones (excluding diaryl/α,β-unsaturated/α-hetero) is 1. The Morgan fingerprint density at radius 1 is 1.02 bits per heavy atom. The molecule has 49 heavy (non-hydrogen) atoms. The van der Waals surface area contributed by atoms with Gasteiger partial charge in [0.25, 0.3) is 5.91 Å². The number of likely N-dealkylation sites (tertiary alicyclic amines) is 1. The molecular weight excluding hydrogens is 646 g/mol. The smallest absolute Gasteiger partial charge is 0.315 e. The van der Waals surface area contributed by atoms with E-state index >= 15 is 0 Å². The van der Waals surface area contributed by atoms with Gasteiger partial charge in [0.15, 0.2) is 11.2 Å². The lowest BCUT2D eigenvalue weighted by Crippen LogP contribution is -2.61. The predicted octanol–water partition coefficient (Wildman–Crippen LogP) is 2.36. The number of ketones is 1. The van der Waals surface area contributed by atoms with E-state index in [0.29, 0.717) is 19.5 Å². The molecule has 3 aliphatic rings. The molecule has 2 aliphatic carbocycles. The molecule has 2 unspecified atom stereocenters. The van der Waals surface area contributed by atoms with E-state index in [9.17, 15) is 28.2 Å². The molecular formula is C35H61N7O6S. The summed E-state index contributed by atoms with van der Waals surface area (Å²) < 4.78 is 16.0. The molecule has 3 rings (SSSR count). The number of carbonyl (C=O) groups excluding carboxylic acids is 5. The van der Waals surface area contributed by atoms with Crippen molar-refractivity contribution in [3.8, 4) is 0 Å². The third-order valence-corrected chi connectivity index (χ3v) is 12.0. The summed E-state index contributed by atoms with van der Waals surface area (Å²) in [5.41, 5.74) is -0.555. The van der Waals surface area contributed by atoms with Crippen LogP contribution >= 0.6 is 0 Å². The quantitative estimate of drug-likeness (QED) is 0.142. The lowest BCUT2D eigenvalue weighted by molar-refractivity contribution is -0.144. The van der Waals surface area contributed by atoms with Crippen molar-refractivity contribution < 1.29 is 28.2 Å². The molecule has 4 N–H and O–H groups in total. The second-order valence-electron chi connectivity index (χ2n) is 15.9. The van der Waals surface area contributed by atoms with Crippen molar-refractivity contribution in [2.45, 2.75) is 111 Å². The van der Waals surface area contributed by atoms with Crippen LogP contribution in [0, 0.1) is 28.6 Å². The van der Waals surface area contributed by atoms with E-state index in [1.165, 1.54) is 6.08 Å². The summed E-state index contributed by atoms with van der Waals surface area (Å²) in [6.45, 7) is 16.4. The summed E-state index contributed by atoms with van der Waals surface area (Å²) in [5.74, 6) is -2.38. The van der Waals surface area contributed by atoms with Crippen LogP contribution in [0.25, 0.3) is 0 Å². The van der Waals surface area contributed by atoms with Crippen LogP contribution in [0.1, 0.15) is 86.5 Å². The Hall–Kier alpha value is -2.84. The number of nitrogens with one attached hydrogen (secondary N) is 4. The molecule has 13 nitrogen and oxygen atoms in total. The maximum atomic E-state index is 14.6. The second-order valence-corrected chi connectivity index (χ2v) is 17.7. The third-order valence-electron chi connectivity index (χ3n) is 10.6. The molecule has 3 fully saturated rings. The molecule has 7 atom stereocenters. The summed E-state index contributed by atoms with van der Waals surface area (Å²) in [5, 5.41) is 11.4. The second kappa shape index (κ2) is 16.9. The highest BCUT2D eigenvalue weighted by Gasteiger charge is 2.69. The van der Waals surface area contributed by atoms with E-state index in [-0.39, 0.29) is 53.5 Å². The number of rotatable bonds is 16. The van der Waals surface area contributed by atoms with E-state index < -0.39 is 52.9 Å². The van der Waals surface area contributed by atoms with E-state index in [0.717, 1.165) is 32.1 Å². The number of hydrogen-bond acceptors (Lipinski definition) is 6. The minimum absolute atomic E-state index is 0.0966. The van der Waals surface area contributed by atoms with Gasteiger partial charge in [-0.1, -0.05) is 73.3 Å². The van der Waals surface area contributed by atoms with Gasteiger partial charge in [-0.15, -0.1) is 6.58 Å². The van der Waals surface area contributed by atoms with Gasteiger partial charge in [-0.05, 0) is 47.8 Å². The van der Waals surface area contributed by atoms with Crippen LogP contribution in [-0.4, -0.2) is 112 Å².